The molecule has 1 saturated carbocycles. The summed E-state index contributed by atoms with van der Waals surface area (Å²) < 4.78 is 10.8. The Bertz CT molecular complexity index is 130. The molecule has 3 nitrogen and oxygen atoms in total. The first-order chi connectivity index (χ1) is 5.83. The standard InChI is InChI=1S/C9H19NO2/c1-4-10-7-6-8(11-3)9(7)12-5-2/h7-10H,4-6H2,1-3H3. The molecule has 3 heteroatoms. The third-order valence-corrected chi connectivity index (χ3v) is 2.38. The van der Waals surface area contributed by atoms with Crippen molar-refractivity contribution in [2.45, 2.75) is 38.5 Å². The van der Waals surface area contributed by atoms with Crippen LogP contribution in [0.2, 0.25) is 0 Å². The minimum Gasteiger partial charge on any atom is -0.379 e. The third-order valence-electron chi connectivity index (χ3n) is 2.38. The molecule has 12 heavy (non-hydrogen) atoms. The number of methoxy groups -OCH3 is 1. The molecule has 1 fully saturated rings. The van der Waals surface area contributed by atoms with Crippen LogP contribution in [0.15, 0.2) is 0 Å². The highest BCUT2D eigenvalue weighted by atomic mass is 16.5. The molecule has 0 aromatic carbocycles. The Balaban J connectivity index is 2.28. The van der Waals surface area contributed by atoms with Crippen LogP contribution in [0.3, 0.4) is 0 Å². The molecule has 0 amide bonds. The van der Waals surface area contributed by atoms with E-state index in [9.17, 15) is 0 Å². The Morgan fingerprint density at radius 1 is 1.42 bits per heavy atom. The van der Waals surface area contributed by atoms with Crippen LogP contribution < -0.4 is 5.32 Å². The fourth-order valence-corrected chi connectivity index (χ4v) is 1.69. The predicted molar refractivity (Wildman–Crippen MR) is 48.3 cm³/mol. The van der Waals surface area contributed by atoms with Crippen molar-refractivity contribution >= 4 is 0 Å². The lowest BCUT2D eigenvalue weighted by molar-refractivity contribution is -0.131. The van der Waals surface area contributed by atoms with Crippen molar-refractivity contribution in [3.8, 4) is 0 Å². The molecule has 1 aliphatic carbocycles. The second-order valence-electron chi connectivity index (χ2n) is 3.09. The van der Waals surface area contributed by atoms with E-state index >= 15 is 0 Å². The Labute approximate surface area is 74.4 Å². The van der Waals surface area contributed by atoms with Gasteiger partial charge in [0.15, 0.2) is 0 Å². The topological polar surface area (TPSA) is 30.5 Å². The second kappa shape index (κ2) is 4.80. The molecular formula is C9H19NO2. The summed E-state index contributed by atoms with van der Waals surface area (Å²) in [5.74, 6) is 0. The zero-order chi connectivity index (χ0) is 8.97. The lowest BCUT2D eigenvalue weighted by atomic mass is 9.85. The van der Waals surface area contributed by atoms with Crippen LogP contribution in [0.25, 0.3) is 0 Å². The molecule has 0 aromatic heterocycles. The minimum atomic E-state index is 0.264. The lowest BCUT2D eigenvalue weighted by Crippen LogP contribution is -2.59. The SMILES string of the molecule is CCNC1CC(OC)C1OCC. The van der Waals surface area contributed by atoms with E-state index in [4.69, 9.17) is 9.47 Å². The van der Waals surface area contributed by atoms with Crippen LogP contribution in [0.4, 0.5) is 0 Å². The summed E-state index contributed by atoms with van der Waals surface area (Å²) in [4.78, 5) is 0. The Kier molecular flexibility index (Phi) is 3.98. The maximum Gasteiger partial charge on any atom is 0.0990 e. The number of nitrogens with one attached hydrogen (secondary N) is 1. The maximum absolute atomic E-state index is 5.56. The first-order valence-electron chi connectivity index (χ1n) is 4.71. The van der Waals surface area contributed by atoms with E-state index in [0.717, 1.165) is 19.6 Å². The van der Waals surface area contributed by atoms with Crippen LogP contribution in [0, 0.1) is 0 Å². The first-order valence-corrected chi connectivity index (χ1v) is 4.71. The van der Waals surface area contributed by atoms with Gasteiger partial charge in [0.2, 0.25) is 0 Å². The fraction of sp³-hybridized carbons (Fsp3) is 1.00. The van der Waals surface area contributed by atoms with Gasteiger partial charge in [-0.2, -0.15) is 0 Å². The largest absolute Gasteiger partial charge is 0.379 e. The lowest BCUT2D eigenvalue weighted by Gasteiger charge is -2.43. The summed E-state index contributed by atoms with van der Waals surface area (Å²) in [5.41, 5.74) is 0. The van der Waals surface area contributed by atoms with Gasteiger partial charge in [0.05, 0.1) is 12.2 Å². The predicted octanol–water partition coefficient (Wildman–Crippen LogP) is 0.788. The monoisotopic (exact) mass is 173 g/mol. The third kappa shape index (κ3) is 1.97. The molecule has 0 aliphatic heterocycles. The molecule has 1 aliphatic rings. The van der Waals surface area contributed by atoms with Gasteiger partial charge in [-0.15, -0.1) is 0 Å². The smallest absolute Gasteiger partial charge is 0.0990 e. The summed E-state index contributed by atoms with van der Waals surface area (Å²) >= 11 is 0. The van der Waals surface area contributed by atoms with Crippen LogP contribution in [0.5, 0.6) is 0 Å². The average Bonchev–Trinajstić information content (AvgIpc) is 2.07. The fourth-order valence-electron chi connectivity index (χ4n) is 1.69. The van der Waals surface area contributed by atoms with Crippen molar-refractivity contribution in [3.63, 3.8) is 0 Å². The molecule has 1 N–H and O–H groups in total. The van der Waals surface area contributed by atoms with Gasteiger partial charge < -0.3 is 14.8 Å². The molecule has 0 bridgehead atoms. The van der Waals surface area contributed by atoms with E-state index in [-0.39, 0.29) is 6.10 Å². The van der Waals surface area contributed by atoms with E-state index in [1.54, 1.807) is 7.11 Å². The summed E-state index contributed by atoms with van der Waals surface area (Å²) in [5, 5.41) is 3.38. The van der Waals surface area contributed by atoms with Crippen molar-refractivity contribution in [2.75, 3.05) is 20.3 Å². The molecule has 0 heterocycles. The number of ether oxygens (including phenoxy) is 2. The van der Waals surface area contributed by atoms with E-state index in [0.29, 0.717) is 12.1 Å². The molecule has 0 spiro atoms. The van der Waals surface area contributed by atoms with Crippen molar-refractivity contribution in [1.29, 1.82) is 0 Å². The summed E-state index contributed by atoms with van der Waals surface area (Å²) in [6, 6.07) is 0.500. The highest BCUT2D eigenvalue weighted by molar-refractivity contribution is 4.96. The van der Waals surface area contributed by atoms with Crippen LogP contribution in [-0.4, -0.2) is 38.5 Å². The van der Waals surface area contributed by atoms with Crippen LogP contribution >= 0.6 is 0 Å². The Morgan fingerprint density at radius 3 is 2.67 bits per heavy atom. The van der Waals surface area contributed by atoms with Crippen LogP contribution in [-0.2, 0) is 9.47 Å². The van der Waals surface area contributed by atoms with Gasteiger partial charge >= 0.3 is 0 Å². The number of likely N-dealkylation sites (N-methyl/N-ethyl adjacent to an activating group) is 1. The van der Waals surface area contributed by atoms with Crippen molar-refractivity contribution in [2.24, 2.45) is 0 Å². The van der Waals surface area contributed by atoms with Crippen molar-refractivity contribution < 1.29 is 9.47 Å². The van der Waals surface area contributed by atoms with E-state index in [2.05, 4.69) is 12.2 Å². The van der Waals surface area contributed by atoms with Gasteiger partial charge in [-0.25, -0.2) is 0 Å². The number of rotatable bonds is 5. The van der Waals surface area contributed by atoms with Gasteiger partial charge in [-0.05, 0) is 19.9 Å². The molecule has 3 atom stereocenters. The maximum atomic E-state index is 5.56. The highest BCUT2D eigenvalue weighted by Crippen LogP contribution is 2.26. The normalized spacial score (nSPS) is 34.8. The summed E-state index contributed by atoms with van der Waals surface area (Å²) in [6.45, 7) is 5.91. The first kappa shape index (κ1) is 9.96. The molecule has 0 radical (unpaired) electrons. The Morgan fingerprint density at radius 2 is 2.17 bits per heavy atom. The molecule has 0 saturated heterocycles. The van der Waals surface area contributed by atoms with E-state index < -0.39 is 0 Å². The van der Waals surface area contributed by atoms with E-state index in [1.165, 1.54) is 0 Å². The molecule has 72 valence electrons. The zero-order valence-electron chi connectivity index (χ0n) is 8.17. The summed E-state index contributed by atoms with van der Waals surface area (Å²) in [6.07, 6.45) is 1.64. The van der Waals surface area contributed by atoms with E-state index in [1.807, 2.05) is 6.92 Å². The average molecular weight is 173 g/mol. The van der Waals surface area contributed by atoms with Gasteiger partial charge in [0.1, 0.15) is 0 Å². The van der Waals surface area contributed by atoms with Crippen molar-refractivity contribution in [3.05, 3.63) is 0 Å². The molecular weight excluding hydrogens is 154 g/mol. The minimum absolute atomic E-state index is 0.264. The quantitative estimate of drug-likeness (QED) is 0.666. The Hall–Kier alpha value is -0.120. The van der Waals surface area contributed by atoms with Gasteiger partial charge in [0.25, 0.3) is 0 Å². The van der Waals surface area contributed by atoms with Gasteiger partial charge in [-0.1, -0.05) is 6.92 Å². The molecule has 1 rings (SSSR count). The summed E-state index contributed by atoms with van der Waals surface area (Å²) in [7, 11) is 1.75. The van der Waals surface area contributed by atoms with Gasteiger partial charge in [0, 0.05) is 19.8 Å². The molecule has 0 aromatic rings. The second-order valence-corrected chi connectivity index (χ2v) is 3.09. The van der Waals surface area contributed by atoms with Crippen molar-refractivity contribution in [1.82, 2.24) is 5.32 Å². The zero-order valence-corrected chi connectivity index (χ0v) is 8.17. The number of hydrogen-bond donors (Lipinski definition) is 1. The number of hydrogen-bond acceptors (Lipinski definition) is 3. The highest BCUT2D eigenvalue weighted by Gasteiger charge is 2.41. The van der Waals surface area contributed by atoms with Crippen LogP contribution in [0.1, 0.15) is 20.3 Å². The van der Waals surface area contributed by atoms with Gasteiger partial charge in [-0.3, -0.25) is 0 Å². The molecule has 3 unspecified atom stereocenters.